The summed E-state index contributed by atoms with van der Waals surface area (Å²) in [6, 6.07) is 8.60. The number of rotatable bonds is 5. The molecule has 0 spiro atoms. The van der Waals surface area contributed by atoms with Crippen molar-refractivity contribution < 1.29 is 9.59 Å². The Kier molecular flexibility index (Phi) is 7.02. The van der Waals surface area contributed by atoms with E-state index in [-0.39, 0.29) is 30.8 Å². The Balaban J connectivity index is 0.00000243. The van der Waals surface area contributed by atoms with Crippen LogP contribution in [0.2, 0.25) is 5.02 Å². The second-order valence-electron chi connectivity index (χ2n) is 5.97. The predicted octanol–water partition coefficient (Wildman–Crippen LogP) is 1.79. The van der Waals surface area contributed by atoms with Crippen LogP contribution in [-0.2, 0) is 15.1 Å². The number of halogens is 2. The highest BCUT2D eigenvalue weighted by atomic mass is 35.5. The maximum absolute atomic E-state index is 12.8. The molecule has 1 aromatic heterocycles. The first-order valence-corrected chi connectivity index (χ1v) is 8.52. The molecule has 1 aliphatic heterocycles. The summed E-state index contributed by atoms with van der Waals surface area (Å²) in [6.45, 7) is 1.35. The van der Waals surface area contributed by atoms with Gasteiger partial charge >= 0.3 is 0 Å². The summed E-state index contributed by atoms with van der Waals surface area (Å²) < 4.78 is 1.69. The van der Waals surface area contributed by atoms with E-state index in [9.17, 15) is 9.59 Å². The van der Waals surface area contributed by atoms with Gasteiger partial charge in [0.05, 0.1) is 6.54 Å². The highest BCUT2D eigenvalue weighted by Gasteiger charge is 2.41. The fourth-order valence-electron chi connectivity index (χ4n) is 2.99. The van der Waals surface area contributed by atoms with Crippen molar-refractivity contribution in [3.63, 3.8) is 0 Å². The molecule has 0 saturated carbocycles. The second kappa shape index (κ2) is 9.02. The summed E-state index contributed by atoms with van der Waals surface area (Å²) in [7, 11) is 0. The van der Waals surface area contributed by atoms with Crippen molar-refractivity contribution in [1.82, 2.24) is 20.4 Å². The number of nitrogens with zero attached hydrogens (tertiary/aromatic N) is 2. The summed E-state index contributed by atoms with van der Waals surface area (Å²) in [5.41, 5.74) is -0.123. The normalized spacial score (nSPS) is 15.6. The third-order valence-electron chi connectivity index (χ3n) is 4.33. The molecule has 26 heavy (non-hydrogen) atoms. The molecule has 3 rings (SSSR count). The second-order valence-corrected chi connectivity index (χ2v) is 6.41. The SMILES string of the molecule is Cl.O=C(CNC(=O)C1(n2cccn2)CCNCC1)Nc1ccc(Cl)cc1. The number of nitrogens with one attached hydrogen (secondary N) is 3. The molecule has 9 heteroatoms. The van der Waals surface area contributed by atoms with Crippen LogP contribution in [-0.4, -0.2) is 41.2 Å². The number of carbonyl (C=O) groups is 2. The molecule has 140 valence electrons. The third-order valence-corrected chi connectivity index (χ3v) is 4.59. The van der Waals surface area contributed by atoms with Gasteiger partial charge < -0.3 is 16.0 Å². The molecule has 2 amide bonds. The zero-order valence-electron chi connectivity index (χ0n) is 14.1. The maximum atomic E-state index is 12.8. The van der Waals surface area contributed by atoms with E-state index in [1.165, 1.54) is 0 Å². The summed E-state index contributed by atoms with van der Waals surface area (Å²) in [6.07, 6.45) is 4.70. The van der Waals surface area contributed by atoms with Crippen molar-refractivity contribution >= 4 is 41.5 Å². The first kappa shape index (κ1) is 20.2. The monoisotopic (exact) mass is 397 g/mol. The van der Waals surface area contributed by atoms with E-state index in [0.717, 1.165) is 13.1 Å². The Labute approximate surface area is 162 Å². The van der Waals surface area contributed by atoms with Gasteiger partial charge in [-0.1, -0.05) is 11.6 Å². The zero-order valence-corrected chi connectivity index (χ0v) is 15.6. The summed E-state index contributed by atoms with van der Waals surface area (Å²) in [4.78, 5) is 24.9. The molecule has 1 aliphatic rings. The van der Waals surface area contributed by atoms with E-state index in [4.69, 9.17) is 11.6 Å². The molecule has 0 unspecified atom stereocenters. The van der Waals surface area contributed by atoms with E-state index in [1.54, 1.807) is 47.4 Å². The van der Waals surface area contributed by atoms with Crippen LogP contribution in [0.15, 0.2) is 42.7 Å². The minimum absolute atomic E-state index is 0. The van der Waals surface area contributed by atoms with Crippen LogP contribution in [0, 0.1) is 0 Å². The number of piperidine rings is 1. The van der Waals surface area contributed by atoms with Crippen molar-refractivity contribution in [2.45, 2.75) is 18.4 Å². The van der Waals surface area contributed by atoms with Gasteiger partial charge in [-0.05, 0) is 56.3 Å². The van der Waals surface area contributed by atoms with Crippen LogP contribution >= 0.6 is 24.0 Å². The Morgan fingerprint density at radius 1 is 1.23 bits per heavy atom. The lowest BCUT2D eigenvalue weighted by Crippen LogP contribution is -2.55. The average molecular weight is 398 g/mol. The van der Waals surface area contributed by atoms with E-state index in [2.05, 4.69) is 21.0 Å². The smallest absolute Gasteiger partial charge is 0.248 e. The summed E-state index contributed by atoms with van der Waals surface area (Å²) in [5, 5.41) is 13.6. The fourth-order valence-corrected chi connectivity index (χ4v) is 3.11. The Hall–Kier alpha value is -2.09. The van der Waals surface area contributed by atoms with Crippen molar-refractivity contribution in [3.05, 3.63) is 47.7 Å². The first-order chi connectivity index (χ1) is 12.1. The molecule has 0 radical (unpaired) electrons. The van der Waals surface area contributed by atoms with Gasteiger partial charge in [0.25, 0.3) is 0 Å². The lowest BCUT2D eigenvalue weighted by molar-refractivity contribution is -0.133. The van der Waals surface area contributed by atoms with Gasteiger partial charge in [0.1, 0.15) is 5.54 Å². The van der Waals surface area contributed by atoms with Gasteiger partial charge in [-0.25, -0.2) is 0 Å². The number of amides is 2. The van der Waals surface area contributed by atoms with E-state index < -0.39 is 5.54 Å². The highest BCUT2D eigenvalue weighted by Crippen LogP contribution is 2.27. The molecular weight excluding hydrogens is 377 g/mol. The number of hydrogen-bond acceptors (Lipinski definition) is 4. The van der Waals surface area contributed by atoms with Crippen LogP contribution in [0.4, 0.5) is 5.69 Å². The lowest BCUT2D eigenvalue weighted by atomic mass is 9.87. The largest absolute Gasteiger partial charge is 0.345 e. The molecule has 2 aromatic rings. The Morgan fingerprint density at radius 2 is 1.92 bits per heavy atom. The van der Waals surface area contributed by atoms with Crippen LogP contribution < -0.4 is 16.0 Å². The minimum Gasteiger partial charge on any atom is -0.345 e. The van der Waals surface area contributed by atoms with Crippen molar-refractivity contribution in [2.24, 2.45) is 0 Å². The average Bonchev–Trinajstić information content (AvgIpc) is 3.17. The molecule has 0 aliphatic carbocycles. The molecule has 0 bridgehead atoms. The standard InChI is InChI=1S/C17H20ClN5O2.ClH/c18-13-2-4-14(5-3-13)22-15(24)12-20-16(25)17(6-9-19-10-7-17)23-11-1-8-21-23;/h1-5,8,11,19H,6-7,9-10,12H2,(H,20,25)(H,22,24);1H. The van der Waals surface area contributed by atoms with Crippen molar-refractivity contribution in [2.75, 3.05) is 25.0 Å². The molecule has 1 saturated heterocycles. The zero-order chi connectivity index (χ0) is 17.7. The third kappa shape index (κ3) is 4.55. The van der Waals surface area contributed by atoms with Crippen LogP contribution in [0.5, 0.6) is 0 Å². The van der Waals surface area contributed by atoms with Gasteiger partial charge in [0.2, 0.25) is 11.8 Å². The molecular formula is C17H21Cl2N5O2. The summed E-state index contributed by atoms with van der Waals surface area (Å²) in [5.74, 6) is -0.482. The van der Waals surface area contributed by atoms with Gasteiger partial charge in [0, 0.05) is 23.1 Å². The topological polar surface area (TPSA) is 88.0 Å². The van der Waals surface area contributed by atoms with E-state index in [0.29, 0.717) is 23.6 Å². The number of carbonyl (C=O) groups excluding carboxylic acids is 2. The maximum Gasteiger partial charge on any atom is 0.248 e. The van der Waals surface area contributed by atoms with E-state index >= 15 is 0 Å². The van der Waals surface area contributed by atoms with Gasteiger partial charge in [-0.2, -0.15) is 5.10 Å². The van der Waals surface area contributed by atoms with E-state index in [1.807, 2.05) is 0 Å². The molecule has 1 fully saturated rings. The Bertz CT molecular complexity index is 728. The lowest BCUT2D eigenvalue weighted by Gasteiger charge is -2.36. The quantitative estimate of drug-likeness (QED) is 0.717. The van der Waals surface area contributed by atoms with Crippen LogP contribution in [0.3, 0.4) is 0 Å². The van der Waals surface area contributed by atoms with Gasteiger partial charge in [-0.15, -0.1) is 12.4 Å². The van der Waals surface area contributed by atoms with Gasteiger partial charge in [0.15, 0.2) is 0 Å². The number of anilines is 1. The number of aromatic nitrogens is 2. The molecule has 1 aromatic carbocycles. The Morgan fingerprint density at radius 3 is 2.54 bits per heavy atom. The predicted molar refractivity (Wildman–Crippen MR) is 103 cm³/mol. The number of benzene rings is 1. The minimum atomic E-state index is -0.755. The fraction of sp³-hybridized carbons (Fsp3) is 0.353. The molecule has 2 heterocycles. The summed E-state index contributed by atoms with van der Waals surface area (Å²) >= 11 is 5.82. The number of hydrogen-bond donors (Lipinski definition) is 3. The molecule has 3 N–H and O–H groups in total. The highest BCUT2D eigenvalue weighted by molar-refractivity contribution is 6.30. The van der Waals surface area contributed by atoms with Crippen LogP contribution in [0.25, 0.3) is 0 Å². The van der Waals surface area contributed by atoms with Gasteiger partial charge in [-0.3, -0.25) is 14.3 Å². The van der Waals surface area contributed by atoms with Crippen molar-refractivity contribution in [1.29, 1.82) is 0 Å². The molecule has 7 nitrogen and oxygen atoms in total. The van der Waals surface area contributed by atoms with Crippen molar-refractivity contribution in [3.8, 4) is 0 Å². The van der Waals surface area contributed by atoms with Crippen LogP contribution in [0.1, 0.15) is 12.8 Å². The first-order valence-electron chi connectivity index (χ1n) is 8.15. The molecule has 0 atom stereocenters.